The fourth-order valence-electron chi connectivity index (χ4n) is 3.73. The number of hydrogen-bond acceptors (Lipinski definition) is 3. The molecule has 0 unspecified atom stereocenters. The van der Waals surface area contributed by atoms with Crippen LogP contribution in [0.4, 0.5) is 5.69 Å². The standard InChI is InChI=1S/C17H25NO3/c1-11-10-16(2,3)18(17(4,5)15(19)20)14-12(11)8-7-9-13(14)21-6/h7-9,11H,10H2,1-6H3,(H,19,20)/t11-/m0/s1. The number of para-hydroxylation sites is 1. The average Bonchev–Trinajstić information content (AvgIpc) is 2.36. The molecule has 0 bridgehead atoms. The van der Waals surface area contributed by atoms with Crippen molar-refractivity contribution in [1.82, 2.24) is 0 Å². The lowest BCUT2D eigenvalue weighted by molar-refractivity contribution is -0.142. The van der Waals surface area contributed by atoms with Crippen molar-refractivity contribution < 1.29 is 14.6 Å². The van der Waals surface area contributed by atoms with Crippen LogP contribution < -0.4 is 9.64 Å². The van der Waals surface area contributed by atoms with Crippen LogP contribution in [0.1, 0.15) is 52.5 Å². The van der Waals surface area contributed by atoms with Crippen molar-refractivity contribution in [1.29, 1.82) is 0 Å². The smallest absolute Gasteiger partial charge is 0.328 e. The number of carboxylic acid groups (broad SMARTS) is 1. The van der Waals surface area contributed by atoms with Crippen molar-refractivity contribution in [2.75, 3.05) is 12.0 Å². The molecule has 0 saturated carbocycles. The molecule has 0 fully saturated rings. The van der Waals surface area contributed by atoms with E-state index >= 15 is 0 Å². The molecule has 21 heavy (non-hydrogen) atoms. The molecule has 1 heterocycles. The van der Waals surface area contributed by atoms with Crippen LogP contribution in [0.3, 0.4) is 0 Å². The lowest BCUT2D eigenvalue weighted by Crippen LogP contribution is -2.62. The van der Waals surface area contributed by atoms with Gasteiger partial charge in [0.25, 0.3) is 0 Å². The summed E-state index contributed by atoms with van der Waals surface area (Å²) in [6, 6.07) is 5.94. The summed E-state index contributed by atoms with van der Waals surface area (Å²) >= 11 is 0. The topological polar surface area (TPSA) is 49.8 Å². The zero-order valence-electron chi connectivity index (χ0n) is 13.7. The third kappa shape index (κ3) is 2.37. The monoisotopic (exact) mass is 291 g/mol. The van der Waals surface area contributed by atoms with Gasteiger partial charge in [-0.3, -0.25) is 0 Å². The summed E-state index contributed by atoms with van der Waals surface area (Å²) in [6.45, 7) is 9.89. The largest absolute Gasteiger partial charge is 0.495 e. The minimum atomic E-state index is -1.01. The first kappa shape index (κ1) is 15.7. The number of carboxylic acids is 1. The SMILES string of the molecule is COc1cccc2c1N(C(C)(C)C(=O)O)C(C)(C)C[C@@H]2C. The average molecular weight is 291 g/mol. The molecule has 1 aliphatic heterocycles. The van der Waals surface area contributed by atoms with Gasteiger partial charge in [0.15, 0.2) is 0 Å². The minimum Gasteiger partial charge on any atom is -0.495 e. The number of ether oxygens (including phenoxy) is 1. The van der Waals surface area contributed by atoms with E-state index in [2.05, 4.69) is 26.8 Å². The molecule has 1 aromatic rings. The Bertz CT molecular complexity index is 563. The summed E-state index contributed by atoms with van der Waals surface area (Å²) in [6.07, 6.45) is 0.907. The molecule has 0 spiro atoms. The maximum atomic E-state index is 11.8. The van der Waals surface area contributed by atoms with Gasteiger partial charge in [0.2, 0.25) is 0 Å². The molecule has 2 rings (SSSR count). The van der Waals surface area contributed by atoms with Crippen molar-refractivity contribution in [2.45, 2.75) is 58.0 Å². The third-order valence-electron chi connectivity index (χ3n) is 4.50. The van der Waals surface area contributed by atoms with Gasteiger partial charge >= 0.3 is 5.97 Å². The molecule has 0 saturated heterocycles. The maximum absolute atomic E-state index is 11.8. The highest BCUT2D eigenvalue weighted by Gasteiger charge is 2.48. The van der Waals surface area contributed by atoms with Gasteiger partial charge in [-0.1, -0.05) is 19.1 Å². The van der Waals surface area contributed by atoms with E-state index in [1.54, 1.807) is 21.0 Å². The molecule has 0 amide bonds. The minimum absolute atomic E-state index is 0.261. The van der Waals surface area contributed by atoms with Crippen molar-refractivity contribution in [3.8, 4) is 5.75 Å². The Hall–Kier alpha value is -1.71. The van der Waals surface area contributed by atoms with Crippen LogP contribution in [0, 0.1) is 0 Å². The summed E-state index contributed by atoms with van der Waals surface area (Å²) in [4.78, 5) is 13.8. The van der Waals surface area contributed by atoms with Gasteiger partial charge in [0, 0.05) is 5.54 Å². The van der Waals surface area contributed by atoms with Gasteiger partial charge in [-0.2, -0.15) is 0 Å². The quantitative estimate of drug-likeness (QED) is 0.923. The Labute approximate surface area is 126 Å². The first-order valence-corrected chi connectivity index (χ1v) is 7.33. The lowest BCUT2D eigenvalue weighted by Gasteiger charge is -2.53. The summed E-state index contributed by atoms with van der Waals surface area (Å²) < 4.78 is 5.52. The van der Waals surface area contributed by atoms with Crippen LogP contribution >= 0.6 is 0 Å². The van der Waals surface area contributed by atoms with E-state index in [1.807, 2.05) is 17.0 Å². The van der Waals surface area contributed by atoms with E-state index in [4.69, 9.17) is 4.74 Å². The fourth-order valence-corrected chi connectivity index (χ4v) is 3.73. The Morgan fingerprint density at radius 2 is 2.05 bits per heavy atom. The van der Waals surface area contributed by atoms with Crippen LogP contribution in [0.5, 0.6) is 5.75 Å². The molecular weight excluding hydrogens is 266 g/mol. The number of methoxy groups -OCH3 is 1. The molecule has 1 aromatic carbocycles. The van der Waals surface area contributed by atoms with Crippen LogP contribution in [-0.2, 0) is 4.79 Å². The van der Waals surface area contributed by atoms with Crippen molar-refractivity contribution >= 4 is 11.7 Å². The van der Waals surface area contributed by atoms with E-state index in [1.165, 1.54) is 0 Å². The molecule has 1 aliphatic rings. The summed E-state index contributed by atoms with van der Waals surface area (Å²) in [7, 11) is 1.63. The first-order valence-electron chi connectivity index (χ1n) is 7.33. The third-order valence-corrected chi connectivity index (χ3v) is 4.50. The van der Waals surface area contributed by atoms with Gasteiger partial charge in [-0.15, -0.1) is 0 Å². The highest BCUT2D eigenvalue weighted by Crippen LogP contribution is 2.50. The number of benzene rings is 1. The van der Waals surface area contributed by atoms with Gasteiger partial charge < -0.3 is 14.7 Å². The maximum Gasteiger partial charge on any atom is 0.328 e. The molecule has 116 valence electrons. The molecule has 0 aliphatic carbocycles. The van der Waals surface area contributed by atoms with Gasteiger partial charge in [0.05, 0.1) is 12.8 Å². The Morgan fingerprint density at radius 1 is 1.43 bits per heavy atom. The van der Waals surface area contributed by atoms with Crippen LogP contribution in [0.25, 0.3) is 0 Å². The van der Waals surface area contributed by atoms with E-state index in [-0.39, 0.29) is 5.54 Å². The van der Waals surface area contributed by atoms with Crippen LogP contribution in [0.15, 0.2) is 18.2 Å². The van der Waals surface area contributed by atoms with E-state index in [0.29, 0.717) is 5.92 Å². The number of carbonyl (C=O) groups is 1. The second-order valence-electron chi connectivity index (χ2n) is 7.02. The Balaban J connectivity index is 2.75. The van der Waals surface area contributed by atoms with E-state index in [9.17, 15) is 9.90 Å². The predicted molar refractivity (Wildman–Crippen MR) is 84.3 cm³/mol. The molecule has 0 aromatic heterocycles. The van der Waals surface area contributed by atoms with Crippen molar-refractivity contribution in [3.05, 3.63) is 23.8 Å². The van der Waals surface area contributed by atoms with E-state index < -0.39 is 11.5 Å². The van der Waals surface area contributed by atoms with Gasteiger partial charge in [-0.25, -0.2) is 4.79 Å². The van der Waals surface area contributed by atoms with Crippen LogP contribution in [-0.4, -0.2) is 29.3 Å². The number of aliphatic carboxylic acids is 1. The van der Waals surface area contributed by atoms with Crippen molar-refractivity contribution in [3.63, 3.8) is 0 Å². The second-order valence-corrected chi connectivity index (χ2v) is 7.02. The molecule has 1 atom stereocenters. The molecule has 1 N–H and O–H groups in total. The fraction of sp³-hybridized carbons (Fsp3) is 0.588. The summed E-state index contributed by atoms with van der Waals surface area (Å²) in [5, 5.41) is 9.70. The zero-order valence-corrected chi connectivity index (χ0v) is 13.7. The number of hydrogen-bond donors (Lipinski definition) is 1. The van der Waals surface area contributed by atoms with Crippen molar-refractivity contribution in [2.24, 2.45) is 0 Å². The highest BCUT2D eigenvalue weighted by molar-refractivity contribution is 5.85. The number of fused-ring (bicyclic) bond motifs is 1. The molecular formula is C17H25NO3. The Morgan fingerprint density at radius 3 is 2.57 bits per heavy atom. The summed E-state index contributed by atoms with van der Waals surface area (Å²) in [5.41, 5.74) is 0.801. The van der Waals surface area contributed by atoms with Gasteiger partial charge in [-0.05, 0) is 51.7 Å². The van der Waals surface area contributed by atoms with Crippen LogP contribution in [0.2, 0.25) is 0 Å². The normalized spacial score (nSPS) is 20.9. The highest BCUT2D eigenvalue weighted by atomic mass is 16.5. The molecule has 4 heteroatoms. The van der Waals surface area contributed by atoms with Gasteiger partial charge in [0.1, 0.15) is 11.3 Å². The molecule has 0 radical (unpaired) electrons. The van der Waals surface area contributed by atoms with E-state index in [0.717, 1.165) is 23.4 Å². The molecule has 4 nitrogen and oxygen atoms in total. The summed E-state index contributed by atoms with van der Waals surface area (Å²) in [5.74, 6) is 0.273. The number of anilines is 1. The zero-order chi connectivity index (χ0) is 16.0. The first-order chi connectivity index (χ1) is 9.63. The Kier molecular flexibility index (Phi) is 3.68. The number of nitrogens with zero attached hydrogens (tertiary/aromatic N) is 1. The predicted octanol–water partition coefficient (Wildman–Crippen LogP) is 3.65. The second kappa shape index (κ2) is 4.93. The number of rotatable bonds is 3. The lowest BCUT2D eigenvalue weighted by atomic mass is 9.77.